The number of hydrogen-bond donors (Lipinski definition) is 2. The molecule has 31 heavy (non-hydrogen) atoms. The van der Waals surface area contributed by atoms with Gasteiger partial charge >= 0.3 is 0 Å². The van der Waals surface area contributed by atoms with Gasteiger partial charge in [-0.2, -0.15) is 0 Å². The third kappa shape index (κ3) is 3.74. The Hall–Kier alpha value is -0.0800. The predicted molar refractivity (Wildman–Crippen MR) is 128 cm³/mol. The number of aliphatic hydroxyl groups excluding tert-OH is 1. The minimum absolute atomic E-state index is 0.0218. The molecule has 5 saturated carbocycles. The van der Waals surface area contributed by atoms with Crippen molar-refractivity contribution in [2.45, 2.75) is 129 Å². The third-order valence-corrected chi connectivity index (χ3v) is 12.3. The Morgan fingerprint density at radius 2 is 1.58 bits per heavy atom. The normalized spacial score (nSPS) is 51.5. The van der Waals surface area contributed by atoms with E-state index in [9.17, 15) is 10.2 Å². The van der Waals surface area contributed by atoms with Gasteiger partial charge < -0.3 is 10.2 Å². The first-order valence-corrected chi connectivity index (χ1v) is 14.1. The molecule has 5 fully saturated rings. The first-order chi connectivity index (χ1) is 14.7. The lowest BCUT2D eigenvalue weighted by Crippen LogP contribution is -2.56. The van der Waals surface area contributed by atoms with Crippen LogP contribution < -0.4 is 0 Å². The Morgan fingerprint density at radius 1 is 0.839 bits per heavy atom. The third-order valence-electron chi connectivity index (χ3n) is 12.3. The lowest BCUT2D eigenvalue weighted by molar-refractivity contribution is -0.152. The van der Waals surface area contributed by atoms with E-state index in [2.05, 4.69) is 27.7 Å². The minimum atomic E-state index is -0.376. The highest BCUT2D eigenvalue weighted by Crippen LogP contribution is 2.69. The second kappa shape index (κ2) is 8.00. The highest BCUT2D eigenvalue weighted by molar-refractivity contribution is 5.10. The maximum Gasteiger partial charge on any atom is 0.0648 e. The number of fused-ring (bicyclic) bond motifs is 5. The molecular formula is C29H50O2. The van der Waals surface area contributed by atoms with E-state index in [1.165, 1.54) is 64.2 Å². The van der Waals surface area contributed by atoms with Crippen LogP contribution in [0.5, 0.6) is 0 Å². The number of hydrogen-bond acceptors (Lipinski definition) is 2. The van der Waals surface area contributed by atoms with Crippen molar-refractivity contribution in [3.8, 4) is 0 Å². The maximum absolute atomic E-state index is 11.0. The van der Waals surface area contributed by atoms with Crippen LogP contribution in [0.4, 0.5) is 0 Å². The smallest absolute Gasteiger partial charge is 0.0648 e. The molecule has 0 bridgehead atoms. The zero-order valence-corrected chi connectivity index (χ0v) is 20.9. The van der Waals surface area contributed by atoms with Crippen LogP contribution in [0.15, 0.2) is 0 Å². The molecule has 0 saturated heterocycles. The van der Waals surface area contributed by atoms with Crippen molar-refractivity contribution in [3.63, 3.8) is 0 Å². The lowest BCUT2D eigenvalue weighted by Gasteiger charge is -2.62. The molecule has 0 radical (unpaired) electrons. The average molecular weight is 431 g/mol. The zero-order chi connectivity index (χ0) is 22.0. The predicted octanol–water partition coefficient (Wildman–Crippen LogP) is 6.97. The van der Waals surface area contributed by atoms with Gasteiger partial charge in [0.1, 0.15) is 0 Å². The van der Waals surface area contributed by atoms with Gasteiger partial charge in [-0.3, -0.25) is 0 Å². The van der Waals surface area contributed by atoms with Crippen molar-refractivity contribution < 1.29 is 10.2 Å². The van der Waals surface area contributed by atoms with Crippen LogP contribution in [0.2, 0.25) is 0 Å². The first-order valence-electron chi connectivity index (χ1n) is 14.1. The molecule has 5 rings (SSSR count). The van der Waals surface area contributed by atoms with Gasteiger partial charge in [-0.1, -0.05) is 27.7 Å². The van der Waals surface area contributed by atoms with Crippen molar-refractivity contribution in [1.82, 2.24) is 0 Å². The Kier molecular flexibility index (Phi) is 5.86. The monoisotopic (exact) mass is 430 g/mol. The fourth-order valence-corrected chi connectivity index (χ4v) is 9.97. The van der Waals surface area contributed by atoms with Gasteiger partial charge in [-0.05, 0) is 142 Å². The molecule has 0 aromatic carbocycles. The molecular weight excluding hydrogens is 380 g/mol. The average Bonchev–Trinajstić information content (AvgIpc) is 3.54. The van der Waals surface area contributed by atoms with E-state index >= 15 is 0 Å². The van der Waals surface area contributed by atoms with Crippen molar-refractivity contribution in [3.05, 3.63) is 0 Å². The van der Waals surface area contributed by atoms with Crippen LogP contribution in [-0.4, -0.2) is 21.9 Å². The van der Waals surface area contributed by atoms with Crippen molar-refractivity contribution in [2.75, 3.05) is 0 Å². The lowest BCUT2D eigenvalue weighted by atomic mass is 9.43. The fraction of sp³-hybridized carbons (Fsp3) is 1.00. The molecule has 178 valence electrons. The molecule has 0 amide bonds. The van der Waals surface area contributed by atoms with E-state index in [0.717, 1.165) is 61.2 Å². The minimum Gasteiger partial charge on any atom is -0.393 e. The van der Waals surface area contributed by atoms with Gasteiger partial charge in [-0.25, -0.2) is 0 Å². The Morgan fingerprint density at radius 3 is 2.29 bits per heavy atom. The molecule has 0 aromatic rings. The summed E-state index contributed by atoms with van der Waals surface area (Å²) in [5.41, 5.74) is 0.635. The van der Waals surface area contributed by atoms with Crippen LogP contribution in [0, 0.1) is 52.3 Å². The fourth-order valence-electron chi connectivity index (χ4n) is 9.97. The zero-order valence-electron chi connectivity index (χ0n) is 20.9. The summed E-state index contributed by atoms with van der Waals surface area (Å²) < 4.78 is 0. The summed E-state index contributed by atoms with van der Waals surface area (Å²) in [6, 6.07) is 0. The topological polar surface area (TPSA) is 40.5 Å². The Balaban J connectivity index is 1.27. The van der Waals surface area contributed by atoms with E-state index in [-0.39, 0.29) is 11.7 Å². The van der Waals surface area contributed by atoms with Crippen molar-refractivity contribution >= 4 is 0 Å². The summed E-state index contributed by atoms with van der Waals surface area (Å²) in [6.45, 7) is 9.99. The second-order valence-electron chi connectivity index (χ2n) is 13.6. The van der Waals surface area contributed by atoms with Gasteiger partial charge in [0.15, 0.2) is 0 Å². The summed E-state index contributed by atoms with van der Waals surface area (Å²) in [6.07, 6.45) is 17.6. The number of aliphatic hydroxyl groups is 2. The van der Waals surface area contributed by atoms with E-state index in [1.807, 2.05) is 0 Å². The first kappa shape index (κ1) is 22.7. The van der Waals surface area contributed by atoms with Crippen LogP contribution in [-0.2, 0) is 0 Å². The van der Waals surface area contributed by atoms with E-state index < -0.39 is 0 Å². The van der Waals surface area contributed by atoms with E-state index in [4.69, 9.17) is 0 Å². The molecule has 0 aliphatic heterocycles. The van der Waals surface area contributed by atoms with E-state index in [1.54, 1.807) is 0 Å². The maximum atomic E-state index is 11.0. The summed E-state index contributed by atoms with van der Waals surface area (Å²) >= 11 is 0. The molecule has 0 aromatic heterocycles. The van der Waals surface area contributed by atoms with Crippen LogP contribution in [0.1, 0.15) is 118 Å². The summed E-state index contributed by atoms with van der Waals surface area (Å²) in [5, 5.41) is 21.4. The van der Waals surface area contributed by atoms with Gasteiger partial charge in [0.05, 0.1) is 11.7 Å². The quantitative estimate of drug-likeness (QED) is 0.477. The van der Waals surface area contributed by atoms with Crippen LogP contribution >= 0.6 is 0 Å². The molecule has 2 nitrogen and oxygen atoms in total. The van der Waals surface area contributed by atoms with E-state index in [0.29, 0.717) is 16.7 Å². The van der Waals surface area contributed by atoms with Crippen LogP contribution in [0.3, 0.4) is 0 Å². The molecule has 2 heteroatoms. The standard InChI is InChI=1S/C29H50O2/c1-5-29(31)17-16-27(3)21(18-29)9-10-22-24-12-11-23(28(24,4)15-14-25(22)27)19(2)6-13-26(30)20-7-8-20/h19-26,30-31H,5-18H2,1-4H3/t19-,21+,22+,23-,24+,25+,26?,27+,28-,29+/m1/s1. The largest absolute Gasteiger partial charge is 0.393 e. The molecule has 0 heterocycles. The molecule has 1 unspecified atom stereocenters. The van der Waals surface area contributed by atoms with Crippen LogP contribution in [0.25, 0.3) is 0 Å². The highest BCUT2D eigenvalue weighted by Gasteiger charge is 2.61. The summed E-state index contributed by atoms with van der Waals surface area (Å²) in [5.74, 6) is 5.77. The molecule has 10 atom stereocenters. The Labute approximate surface area is 192 Å². The SMILES string of the molecule is CC[C@]1(O)CC[C@@]2(C)[C@@H](CC[C@@H]3[C@@H]2CC[C@]2(C)[C@@H]([C@H](C)CCC(O)C4CC4)CC[C@@H]32)C1. The highest BCUT2D eigenvalue weighted by atomic mass is 16.3. The number of rotatable bonds is 6. The molecule has 0 spiro atoms. The van der Waals surface area contributed by atoms with Crippen molar-refractivity contribution in [1.29, 1.82) is 0 Å². The molecule has 5 aliphatic carbocycles. The van der Waals surface area contributed by atoms with Crippen molar-refractivity contribution in [2.24, 2.45) is 52.3 Å². The van der Waals surface area contributed by atoms with Gasteiger partial charge in [0, 0.05) is 0 Å². The summed E-state index contributed by atoms with van der Waals surface area (Å²) in [7, 11) is 0. The van der Waals surface area contributed by atoms with Gasteiger partial charge in [0.2, 0.25) is 0 Å². The Bertz CT molecular complexity index is 657. The molecule has 5 aliphatic rings. The second-order valence-corrected chi connectivity index (χ2v) is 13.6. The molecule has 2 N–H and O–H groups in total. The van der Waals surface area contributed by atoms with Gasteiger partial charge in [-0.15, -0.1) is 0 Å². The van der Waals surface area contributed by atoms with Gasteiger partial charge in [0.25, 0.3) is 0 Å². The summed E-state index contributed by atoms with van der Waals surface area (Å²) in [4.78, 5) is 0.